The Hall–Kier alpha value is -1.96. The highest BCUT2D eigenvalue weighted by molar-refractivity contribution is 9.10. The van der Waals surface area contributed by atoms with Crippen molar-refractivity contribution in [1.82, 2.24) is 0 Å². The number of aryl methyl sites for hydroxylation is 1. The number of nitrogens with one attached hydrogen (secondary N) is 1. The third-order valence-corrected chi connectivity index (χ3v) is 4.64. The Bertz CT molecular complexity index is 859. The molecular formula is C16H15BrN2O3S. The lowest BCUT2D eigenvalue weighted by molar-refractivity contribution is -0.111. The van der Waals surface area contributed by atoms with E-state index >= 15 is 0 Å². The van der Waals surface area contributed by atoms with Crippen LogP contribution in [0.2, 0.25) is 0 Å². The molecule has 0 aliphatic carbocycles. The maximum absolute atomic E-state index is 11.9. The van der Waals surface area contributed by atoms with Crippen LogP contribution < -0.4 is 10.5 Å². The van der Waals surface area contributed by atoms with Crippen molar-refractivity contribution in [2.75, 3.05) is 5.32 Å². The standard InChI is InChI=1S/C16H15BrN2O3S/c1-11-2-8-14(10-15(11)23(18,21)22)19-16(20)9-5-12-3-6-13(17)7-4-12/h2-10H,1H3,(H,19,20)(H2,18,21,22). The van der Waals surface area contributed by atoms with E-state index in [1.165, 1.54) is 12.1 Å². The van der Waals surface area contributed by atoms with Crippen molar-refractivity contribution in [3.05, 3.63) is 64.1 Å². The summed E-state index contributed by atoms with van der Waals surface area (Å²) in [7, 11) is -3.82. The Balaban J connectivity index is 2.13. The first-order chi connectivity index (χ1) is 10.8. The summed E-state index contributed by atoms with van der Waals surface area (Å²) in [4.78, 5) is 11.9. The fourth-order valence-electron chi connectivity index (χ4n) is 1.91. The molecule has 1 amide bonds. The zero-order valence-corrected chi connectivity index (χ0v) is 14.7. The van der Waals surface area contributed by atoms with E-state index in [1.54, 1.807) is 25.1 Å². The van der Waals surface area contributed by atoms with Gasteiger partial charge in [-0.15, -0.1) is 0 Å². The molecule has 5 nitrogen and oxygen atoms in total. The van der Waals surface area contributed by atoms with E-state index in [9.17, 15) is 13.2 Å². The van der Waals surface area contributed by atoms with E-state index in [4.69, 9.17) is 5.14 Å². The van der Waals surface area contributed by atoms with Gasteiger partial charge in [0.2, 0.25) is 15.9 Å². The Morgan fingerprint density at radius 1 is 1.17 bits per heavy atom. The molecule has 0 unspecified atom stereocenters. The van der Waals surface area contributed by atoms with Crippen molar-refractivity contribution < 1.29 is 13.2 Å². The van der Waals surface area contributed by atoms with Crippen molar-refractivity contribution in [1.29, 1.82) is 0 Å². The highest BCUT2D eigenvalue weighted by atomic mass is 79.9. The van der Waals surface area contributed by atoms with E-state index in [2.05, 4.69) is 21.2 Å². The quantitative estimate of drug-likeness (QED) is 0.780. The van der Waals surface area contributed by atoms with Gasteiger partial charge < -0.3 is 5.32 Å². The number of hydrogen-bond acceptors (Lipinski definition) is 3. The van der Waals surface area contributed by atoms with Gasteiger partial charge in [-0.1, -0.05) is 34.1 Å². The van der Waals surface area contributed by atoms with Gasteiger partial charge in [0.1, 0.15) is 0 Å². The predicted octanol–water partition coefficient (Wildman–Crippen LogP) is 3.06. The second-order valence-electron chi connectivity index (χ2n) is 4.90. The molecule has 7 heteroatoms. The smallest absolute Gasteiger partial charge is 0.248 e. The number of nitrogens with two attached hydrogens (primary N) is 1. The third kappa shape index (κ3) is 5.02. The summed E-state index contributed by atoms with van der Waals surface area (Å²) in [5.41, 5.74) is 1.76. The molecule has 0 aliphatic heterocycles. The predicted molar refractivity (Wildman–Crippen MR) is 94.4 cm³/mol. The molecule has 2 aromatic rings. The SMILES string of the molecule is Cc1ccc(NC(=O)C=Cc2ccc(Br)cc2)cc1S(N)(=O)=O. The minimum absolute atomic E-state index is 0.00723. The molecule has 2 aromatic carbocycles. The first-order valence-electron chi connectivity index (χ1n) is 6.64. The number of carbonyl (C=O) groups excluding carboxylic acids is 1. The molecule has 0 spiro atoms. The monoisotopic (exact) mass is 394 g/mol. The molecule has 0 saturated carbocycles. The van der Waals surface area contributed by atoms with Gasteiger partial charge in [0, 0.05) is 16.2 Å². The Morgan fingerprint density at radius 3 is 2.43 bits per heavy atom. The average molecular weight is 395 g/mol. The summed E-state index contributed by atoms with van der Waals surface area (Å²) in [5, 5.41) is 7.75. The number of rotatable bonds is 4. The number of hydrogen-bond donors (Lipinski definition) is 2. The van der Waals surface area contributed by atoms with E-state index < -0.39 is 10.0 Å². The van der Waals surface area contributed by atoms with Gasteiger partial charge in [-0.05, 0) is 48.4 Å². The van der Waals surface area contributed by atoms with Crippen LogP contribution in [0.3, 0.4) is 0 Å². The Kier molecular flexibility index (Phi) is 5.35. The highest BCUT2D eigenvalue weighted by Crippen LogP contribution is 2.19. The summed E-state index contributed by atoms with van der Waals surface area (Å²) in [6.07, 6.45) is 3.04. The van der Waals surface area contributed by atoms with Gasteiger partial charge >= 0.3 is 0 Å². The number of carbonyl (C=O) groups is 1. The van der Waals surface area contributed by atoms with E-state index in [-0.39, 0.29) is 10.8 Å². The second-order valence-corrected chi connectivity index (χ2v) is 7.34. The van der Waals surface area contributed by atoms with Crippen LogP contribution in [0.4, 0.5) is 5.69 Å². The van der Waals surface area contributed by atoms with Crippen LogP contribution in [0.15, 0.2) is 57.9 Å². The van der Waals surface area contributed by atoms with Crippen LogP contribution in [0.25, 0.3) is 6.08 Å². The normalized spacial score (nSPS) is 11.6. The Morgan fingerprint density at radius 2 is 1.83 bits per heavy atom. The Labute approximate surface area is 143 Å². The molecular weight excluding hydrogens is 380 g/mol. The second kappa shape index (κ2) is 7.08. The van der Waals surface area contributed by atoms with Crippen LogP contribution in [0, 0.1) is 6.92 Å². The zero-order valence-electron chi connectivity index (χ0n) is 12.3. The maximum Gasteiger partial charge on any atom is 0.248 e. The lowest BCUT2D eigenvalue weighted by atomic mass is 10.2. The number of benzene rings is 2. The van der Waals surface area contributed by atoms with Gasteiger partial charge in [-0.2, -0.15) is 0 Å². The number of halogens is 1. The van der Waals surface area contributed by atoms with Crippen molar-refractivity contribution in [2.45, 2.75) is 11.8 Å². The van der Waals surface area contributed by atoms with Crippen LogP contribution in [0.5, 0.6) is 0 Å². The molecule has 0 aromatic heterocycles. The van der Waals surface area contributed by atoms with Crippen molar-refractivity contribution in [3.63, 3.8) is 0 Å². The fourth-order valence-corrected chi connectivity index (χ4v) is 2.99. The van der Waals surface area contributed by atoms with Crippen LogP contribution in [-0.4, -0.2) is 14.3 Å². The van der Waals surface area contributed by atoms with Crippen LogP contribution in [0.1, 0.15) is 11.1 Å². The third-order valence-electron chi connectivity index (χ3n) is 3.06. The van der Waals surface area contributed by atoms with Gasteiger partial charge in [-0.3, -0.25) is 4.79 Å². The number of amides is 1. The molecule has 0 bridgehead atoms. The first kappa shape index (κ1) is 17.4. The van der Waals surface area contributed by atoms with Gasteiger partial charge in [0.15, 0.2) is 0 Å². The first-order valence-corrected chi connectivity index (χ1v) is 8.98. The van der Waals surface area contributed by atoms with Crippen LogP contribution in [-0.2, 0) is 14.8 Å². The number of sulfonamides is 1. The maximum atomic E-state index is 11.9. The van der Waals surface area contributed by atoms with Crippen molar-refractivity contribution in [3.8, 4) is 0 Å². The van der Waals surface area contributed by atoms with E-state index in [1.807, 2.05) is 24.3 Å². The summed E-state index contributed by atoms with van der Waals surface area (Å²) in [6, 6.07) is 12.0. The topological polar surface area (TPSA) is 89.3 Å². The van der Waals surface area contributed by atoms with E-state index in [0.29, 0.717) is 11.3 Å². The summed E-state index contributed by atoms with van der Waals surface area (Å²) in [5.74, 6) is -0.364. The minimum atomic E-state index is -3.82. The summed E-state index contributed by atoms with van der Waals surface area (Å²) in [6.45, 7) is 1.64. The summed E-state index contributed by atoms with van der Waals surface area (Å²) < 4.78 is 23.9. The highest BCUT2D eigenvalue weighted by Gasteiger charge is 2.12. The lowest BCUT2D eigenvalue weighted by Gasteiger charge is -2.07. The number of primary sulfonamides is 1. The van der Waals surface area contributed by atoms with Crippen LogP contribution >= 0.6 is 15.9 Å². The van der Waals surface area contributed by atoms with Crippen molar-refractivity contribution in [2.24, 2.45) is 5.14 Å². The molecule has 2 rings (SSSR count). The minimum Gasteiger partial charge on any atom is -0.322 e. The lowest BCUT2D eigenvalue weighted by Crippen LogP contribution is -2.15. The van der Waals surface area contributed by atoms with Crippen molar-refractivity contribution >= 4 is 43.6 Å². The zero-order chi connectivity index (χ0) is 17.0. The van der Waals surface area contributed by atoms with Gasteiger partial charge in [0.25, 0.3) is 0 Å². The number of anilines is 1. The molecule has 0 heterocycles. The van der Waals surface area contributed by atoms with E-state index in [0.717, 1.165) is 10.0 Å². The van der Waals surface area contributed by atoms with Gasteiger partial charge in [-0.25, -0.2) is 13.6 Å². The molecule has 120 valence electrons. The molecule has 0 radical (unpaired) electrons. The molecule has 0 saturated heterocycles. The molecule has 0 fully saturated rings. The summed E-state index contributed by atoms with van der Waals surface area (Å²) >= 11 is 3.34. The molecule has 0 atom stereocenters. The molecule has 23 heavy (non-hydrogen) atoms. The average Bonchev–Trinajstić information content (AvgIpc) is 2.47. The van der Waals surface area contributed by atoms with Gasteiger partial charge in [0.05, 0.1) is 4.90 Å². The molecule has 3 N–H and O–H groups in total. The molecule has 0 aliphatic rings. The largest absolute Gasteiger partial charge is 0.322 e. The fraction of sp³-hybridized carbons (Fsp3) is 0.0625.